The summed E-state index contributed by atoms with van der Waals surface area (Å²) < 4.78 is 0. The molecule has 0 atom stereocenters. The van der Waals surface area contributed by atoms with E-state index >= 15 is 0 Å². The van der Waals surface area contributed by atoms with Gasteiger partial charge in [-0.05, 0) is 12.3 Å². The SMILES string of the molecule is C=Cc1c(C)ncc2ccccc12.CC.CC.CC. The van der Waals surface area contributed by atoms with E-state index in [1.807, 2.05) is 72.9 Å². The van der Waals surface area contributed by atoms with Crippen molar-refractivity contribution < 1.29 is 0 Å². The Morgan fingerprint density at radius 2 is 1.47 bits per heavy atom. The summed E-state index contributed by atoms with van der Waals surface area (Å²) in [5.74, 6) is 0. The summed E-state index contributed by atoms with van der Waals surface area (Å²) in [6, 6.07) is 8.22. The zero-order chi connectivity index (χ0) is 15.3. The molecule has 0 saturated carbocycles. The van der Waals surface area contributed by atoms with Gasteiger partial charge < -0.3 is 0 Å². The van der Waals surface area contributed by atoms with Crippen LogP contribution >= 0.6 is 0 Å². The zero-order valence-electron chi connectivity index (χ0n) is 13.6. The first-order valence-corrected chi connectivity index (χ1v) is 7.29. The van der Waals surface area contributed by atoms with E-state index in [2.05, 4.69) is 23.7 Å². The maximum atomic E-state index is 4.31. The maximum Gasteiger partial charge on any atom is 0.0451 e. The number of aromatic nitrogens is 1. The predicted molar refractivity (Wildman–Crippen MR) is 90.6 cm³/mol. The fourth-order valence-electron chi connectivity index (χ4n) is 1.54. The third-order valence-corrected chi connectivity index (χ3v) is 2.24. The van der Waals surface area contributed by atoms with Crippen LogP contribution in [0.1, 0.15) is 52.8 Å². The second kappa shape index (κ2) is 12.8. The van der Waals surface area contributed by atoms with Crippen LogP contribution in [0.3, 0.4) is 0 Å². The Hall–Kier alpha value is -1.63. The van der Waals surface area contributed by atoms with Crippen LogP contribution in [0, 0.1) is 6.92 Å². The Kier molecular flexibility index (Phi) is 13.3. The van der Waals surface area contributed by atoms with Gasteiger partial charge in [0.05, 0.1) is 0 Å². The van der Waals surface area contributed by atoms with Crippen molar-refractivity contribution in [3.63, 3.8) is 0 Å². The standard InChI is InChI=1S/C12H11N.3C2H6/c1-3-11-9(2)13-8-10-6-4-5-7-12(10)11;3*1-2/h3-8H,1H2,2H3;3*1-2H3. The number of pyridine rings is 1. The van der Waals surface area contributed by atoms with Gasteiger partial charge in [-0.1, -0.05) is 78.5 Å². The molecule has 0 spiro atoms. The van der Waals surface area contributed by atoms with Crippen LogP contribution in [0.4, 0.5) is 0 Å². The Bertz CT molecular complexity index is 458. The van der Waals surface area contributed by atoms with Crippen LogP contribution < -0.4 is 0 Å². The number of rotatable bonds is 1. The minimum Gasteiger partial charge on any atom is -0.260 e. The molecule has 1 heterocycles. The smallest absolute Gasteiger partial charge is 0.0451 e. The summed E-state index contributed by atoms with van der Waals surface area (Å²) in [5.41, 5.74) is 2.17. The molecule has 1 aromatic heterocycles. The monoisotopic (exact) mass is 259 g/mol. The van der Waals surface area contributed by atoms with E-state index in [1.165, 1.54) is 10.8 Å². The summed E-state index contributed by atoms with van der Waals surface area (Å²) in [7, 11) is 0. The maximum absolute atomic E-state index is 4.31. The van der Waals surface area contributed by atoms with E-state index in [9.17, 15) is 0 Å². The summed E-state index contributed by atoms with van der Waals surface area (Å²) in [6.07, 6.45) is 3.77. The normalized spacial score (nSPS) is 7.95. The van der Waals surface area contributed by atoms with Gasteiger partial charge in [0.2, 0.25) is 0 Å². The van der Waals surface area contributed by atoms with Crippen LogP contribution in [0.5, 0.6) is 0 Å². The highest BCUT2D eigenvalue weighted by atomic mass is 14.7. The van der Waals surface area contributed by atoms with Gasteiger partial charge in [-0.3, -0.25) is 4.98 Å². The number of fused-ring (bicyclic) bond motifs is 1. The molecule has 106 valence electrons. The van der Waals surface area contributed by atoms with Gasteiger partial charge in [-0.2, -0.15) is 0 Å². The van der Waals surface area contributed by atoms with E-state index in [0.717, 1.165) is 11.3 Å². The molecular weight excluding hydrogens is 230 g/mol. The van der Waals surface area contributed by atoms with E-state index in [4.69, 9.17) is 0 Å². The fourth-order valence-corrected chi connectivity index (χ4v) is 1.54. The lowest BCUT2D eigenvalue weighted by molar-refractivity contribution is 1.21. The van der Waals surface area contributed by atoms with Crippen molar-refractivity contribution in [1.29, 1.82) is 0 Å². The molecule has 1 aromatic carbocycles. The molecule has 19 heavy (non-hydrogen) atoms. The van der Waals surface area contributed by atoms with Crippen molar-refractivity contribution in [2.45, 2.75) is 48.5 Å². The number of nitrogens with zero attached hydrogens (tertiary/aromatic N) is 1. The molecule has 0 fully saturated rings. The van der Waals surface area contributed by atoms with Gasteiger partial charge in [0.25, 0.3) is 0 Å². The second-order valence-corrected chi connectivity index (χ2v) is 3.05. The molecule has 0 N–H and O–H groups in total. The number of hydrogen-bond donors (Lipinski definition) is 0. The van der Waals surface area contributed by atoms with Gasteiger partial charge in [-0.25, -0.2) is 0 Å². The molecule has 0 radical (unpaired) electrons. The van der Waals surface area contributed by atoms with Gasteiger partial charge in [0, 0.05) is 22.8 Å². The Morgan fingerprint density at radius 3 is 2.00 bits per heavy atom. The third-order valence-electron chi connectivity index (χ3n) is 2.24. The lowest BCUT2D eigenvalue weighted by Crippen LogP contribution is -1.87. The fraction of sp³-hybridized carbons (Fsp3) is 0.389. The quantitative estimate of drug-likeness (QED) is 0.588. The van der Waals surface area contributed by atoms with Crippen LogP contribution in [0.25, 0.3) is 16.8 Å². The molecule has 0 unspecified atom stereocenters. The molecule has 0 aliphatic carbocycles. The first-order valence-electron chi connectivity index (χ1n) is 7.29. The minimum atomic E-state index is 1.04. The van der Waals surface area contributed by atoms with E-state index in [-0.39, 0.29) is 0 Å². The number of benzene rings is 1. The summed E-state index contributed by atoms with van der Waals surface area (Å²) in [4.78, 5) is 4.31. The van der Waals surface area contributed by atoms with Crippen molar-refractivity contribution in [3.05, 3.63) is 48.3 Å². The molecule has 1 heteroatoms. The molecule has 0 aliphatic rings. The number of hydrogen-bond acceptors (Lipinski definition) is 1. The van der Waals surface area contributed by atoms with Crippen LogP contribution in [-0.4, -0.2) is 4.98 Å². The zero-order valence-corrected chi connectivity index (χ0v) is 13.6. The molecule has 0 bridgehead atoms. The summed E-state index contributed by atoms with van der Waals surface area (Å²) >= 11 is 0. The molecule has 1 nitrogen and oxygen atoms in total. The summed E-state index contributed by atoms with van der Waals surface area (Å²) in [5, 5.41) is 2.40. The van der Waals surface area contributed by atoms with Gasteiger partial charge in [0.15, 0.2) is 0 Å². The average Bonchev–Trinajstić information content (AvgIpc) is 2.53. The van der Waals surface area contributed by atoms with E-state index in [1.54, 1.807) is 0 Å². The molecule has 0 saturated heterocycles. The van der Waals surface area contributed by atoms with E-state index < -0.39 is 0 Å². The molecule has 0 aliphatic heterocycles. The molecule has 2 aromatic rings. The Morgan fingerprint density at radius 1 is 0.947 bits per heavy atom. The third kappa shape index (κ3) is 5.69. The molecule has 2 rings (SSSR count). The van der Waals surface area contributed by atoms with E-state index in [0.29, 0.717) is 0 Å². The summed E-state index contributed by atoms with van der Waals surface area (Å²) in [6.45, 7) is 17.8. The van der Waals surface area contributed by atoms with Crippen LogP contribution in [0.2, 0.25) is 0 Å². The number of aryl methyl sites for hydroxylation is 1. The minimum absolute atomic E-state index is 1.04. The molecular formula is C18H29N. The highest BCUT2D eigenvalue weighted by Crippen LogP contribution is 2.20. The Balaban J connectivity index is 0. The van der Waals surface area contributed by atoms with Crippen LogP contribution in [0.15, 0.2) is 37.0 Å². The largest absolute Gasteiger partial charge is 0.260 e. The van der Waals surface area contributed by atoms with Crippen molar-refractivity contribution in [2.24, 2.45) is 0 Å². The average molecular weight is 259 g/mol. The lowest BCUT2D eigenvalue weighted by Gasteiger charge is -2.04. The highest BCUT2D eigenvalue weighted by Gasteiger charge is 2.00. The highest BCUT2D eigenvalue weighted by molar-refractivity contribution is 5.90. The van der Waals surface area contributed by atoms with Crippen molar-refractivity contribution >= 4 is 16.8 Å². The second-order valence-electron chi connectivity index (χ2n) is 3.05. The topological polar surface area (TPSA) is 12.9 Å². The van der Waals surface area contributed by atoms with Crippen molar-refractivity contribution in [2.75, 3.05) is 0 Å². The first-order chi connectivity index (χ1) is 9.33. The Labute approximate surface area is 119 Å². The lowest BCUT2D eigenvalue weighted by atomic mass is 10.1. The van der Waals surface area contributed by atoms with Crippen LogP contribution in [-0.2, 0) is 0 Å². The van der Waals surface area contributed by atoms with Gasteiger partial charge in [0.1, 0.15) is 0 Å². The van der Waals surface area contributed by atoms with Gasteiger partial charge in [-0.15, -0.1) is 0 Å². The van der Waals surface area contributed by atoms with Crippen molar-refractivity contribution in [1.82, 2.24) is 4.98 Å². The predicted octanol–water partition coefficient (Wildman–Crippen LogP) is 6.26. The first kappa shape index (κ1) is 19.7. The molecule has 0 amide bonds. The van der Waals surface area contributed by atoms with Gasteiger partial charge >= 0.3 is 0 Å². The van der Waals surface area contributed by atoms with Crippen molar-refractivity contribution in [3.8, 4) is 0 Å².